The zero-order valence-corrected chi connectivity index (χ0v) is 12.4. The predicted molar refractivity (Wildman–Crippen MR) is 79.0 cm³/mol. The lowest BCUT2D eigenvalue weighted by Gasteiger charge is -2.10. The molecule has 1 aromatic carbocycles. The van der Waals surface area contributed by atoms with Crippen LogP contribution in [0.15, 0.2) is 34.8 Å². The van der Waals surface area contributed by atoms with Gasteiger partial charge in [0.25, 0.3) is 0 Å². The van der Waals surface area contributed by atoms with Gasteiger partial charge in [0.2, 0.25) is 5.88 Å². The molecule has 0 saturated carbocycles. The van der Waals surface area contributed by atoms with Gasteiger partial charge in [0.1, 0.15) is 16.6 Å². The molecule has 0 aliphatic rings. The van der Waals surface area contributed by atoms with E-state index < -0.39 is 0 Å². The molecule has 0 saturated heterocycles. The van der Waals surface area contributed by atoms with E-state index in [-0.39, 0.29) is 10.8 Å². The normalized spacial score (nSPS) is 10.3. The second kappa shape index (κ2) is 5.63. The molecule has 0 amide bonds. The molecule has 2 aromatic rings. The molecule has 0 radical (unpaired) electrons. The molecule has 0 aliphatic carbocycles. The van der Waals surface area contributed by atoms with Gasteiger partial charge in [0.05, 0.1) is 10.0 Å². The Kier molecular flexibility index (Phi) is 4.11. The lowest BCUT2D eigenvalue weighted by Crippen LogP contribution is -2.12. The second-order valence-corrected chi connectivity index (χ2v) is 5.14. The van der Waals surface area contributed by atoms with Crippen LogP contribution in [-0.4, -0.2) is 9.97 Å². The Labute approximate surface area is 123 Å². The number of hydrogen-bond donors (Lipinski definition) is 1. The zero-order chi connectivity index (χ0) is 14.0. The molecule has 1 aromatic heterocycles. The van der Waals surface area contributed by atoms with Gasteiger partial charge >= 0.3 is 0 Å². The minimum absolute atomic E-state index is 0.198. The minimum Gasteiger partial charge on any atom is -0.438 e. The fraction of sp³-hybridized carbons (Fsp3) is 0.0769. The van der Waals surface area contributed by atoms with Crippen molar-refractivity contribution in [2.24, 2.45) is 5.73 Å². The maximum absolute atomic E-state index is 13.2. The molecule has 2 rings (SSSR count). The highest BCUT2D eigenvalue weighted by molar-refractivity contribution is 9.10. The molecule has 2 N–H and O–H groups in total. The second-order valence-electron chi connectivity index (χ2n) is 3.85. The van der Waals surface area contributed by atoms with E-state index >= 15 is 0 Å². The average Bonchev–Trinajstić information content (AvgIpc) is 2.33. The van der Waals surface area contributed by atoms with Crippen LogP contribution in [0.4, 0.5) is 4.39 Å². The minimum atomic E-state index is -0.362. The van der Waals surface area contributed by atoms with Gasteiger partial charge in [-0.1, -0.05) is 12.2 Å². The standard InChI is InChI=1S/C13H10BrFN2OS/c1-7-2-4-9(12(16)19)13(17-7)18-8-3-5-11(15)10(14)6-8/h2-6H,1H3,(H2,16,19). The van der Waals surface area contributed by atoms with Crippen LogP contribution in [0.25, 0.3) is 0 Å². The van der Waals surface area contributed by atoms with Crippen LogP contribution in [-0.2, 0) is 0 Å². The van der Waals surface area contributed by atoms with Crippen LogP contribution in [0.3, 0.4) is 0 Å². The summed E-state index contributed by atoms with van der Waals surface area (Å²) >= 11 is 8.04. The zero-order valence-electron chi connectivity index (χ0n) is 9.98. The Morgan fingerprint density at radius 3 is 2.74 bits per heavy atom. The van der Waals surface area contributed by atoms with Crippen molar-refractivity contribution in [2.45, 2.75) is 6.92 Å². The van der Waals surface area contributed by atoms with E-state index in [1.807, 2.05) is 6.92 Å². The van der Waals surface area contributed by atoms with Gasteiger partial charge in [-0.05, 0) is 53.2 Å². The van der Waals surface area contributed by atoms with Gasteiger partial charge in [-0.2, -0.15) is 0 Å². The van der Waals surface area contributed by atoms with Crippen LogP contribution in [0.2, 0.25) is 0 Å². The number of nitrogens with two attached hydrogens (primary N) is 1. The summed E-state index contributed by atoms with van der Waals surface area (Å²) in [6.07, 6.45) is 0. The van der Waals surface area contributed by atoms with E-state index in [4.69, 9.17) is 22.7 Å². The molecule has 0 fully saturated rings. The van der Waals surface area contributed by atoms with Crippen LogP contribution < -0.4 is 10.5 Å². The molecule has 0 bridgehead atoms. The number of benzene rings is 1. The van der Waals surface area contributed by atoms with Crippen LogP contribution in [0, 0.1) is 12.7 Å². The number of nitrogens with zero attached hydrogens (tertiary/aromatic N) is 1. The Morgan fingerprint density at radius 1 is 1.37 bits per heavy atom. The number of thiocarbonyl (C=S) groups is 1. The van der Waals surface area contributed by atoms with Crippen LogP contribution >= 0.6 is 28.1 Å². The first-order valence-electron chi connectivity index (χ1n) is 5.37. The van der Waals surface area contributed by atoms with Crippen LogP contribution in [0.1, 0.15) is 11.3 Å². The van der Waals surface area contributed by atoms with E-state index in [0.717, 1.165) is 5.69 Å². The van der Waals surface area contributed by atoms with Gasteiger partial charge in [-0.25, -0.2) is 9.37 Å². The topological polar surface area (TPSA) is 48.1 Å². The summed E-state index contributed by atoms with van der Waals surface area (Å²) in [5, 5.41) is 0. The molecule has 3 nitrogen and oxygen atoms in total. The summed E-state index contributed by atoms with van der Waals surface area (Å²) in [5.41, 5.74) is 6.93. The largest absolute Gasteiger partial charge is 0.438 e. The summed E-state index contributed by atoms with van der Waals surface area (Å²) in [7, 11) is 0. The van der Waals surface area contributed by atoms with Crippen molar-refractivity contribution in [1.29, 1.82) is 0 Å². The first kappa shape index (κ1) is 13.9. The lowest BCUT2D eigenvalue weighted by atomic mass is 10.2. The maximum atomic E-state index is 13.2. The average molecular weight is 341 g/mol. The third-order valence-corrected chi connectivity index (χ3v) is 3.20. The van der Waals surface area contributed by atoms with Crippen molar-refractivity contribution in [3.8, 4) is 11.6 Å². The third-order valence-electron chi connectivity index (χ3n) is 2.37. The first-order chi connectivity index (χ1) is 8.97. The number of halogens is 2. The number of aromatic nitrogens is 1. The molecule has 19 heavy (non-hydrogen) atoms. The van der Waals surface area contributed by atoms with Crippen molar-refractivity contribution in [1.82, 2.24) is 4.98 Å². The summed E-state index contributed by atoms with van der Waals surface area (Å²) in [5.74, 6) is 0.397. The summed E-state index contributed by atoms with van der Waals surface area (Å²) in [6.45, 7) is 1.83. The SMILES string of the molecule is Cc1ccc(C(N)=S)c(Oc2ccc(F)c(Br)c2)n1. The van der Waals surface area contributed by atoms with Gasteiger partial charge < -0.3 is 10.5 Å². The van der Waals surface area contributed by atoms with Crippen LogP contribution in [0.5, 0.6) is 11.6 Å². The maximum Gasteiger partial charge on any atom is 0.229 e. The highest BCUT2D eigenvalue weighted by atomic mass is 79.9. The Balaban J connectivity index is 2.39. The molecule has 1 heterocycles. The van der Waals surface area contributed by atoms with Gasteiger partial charge in [-0.3, -0.25) is 0 Å². The fourth-order valence-corrected chi connectivity index (χ4v) is 1.96. The number of ether oxygens (including phenoxy) is 1. The monoisotopic (exact) mass is 340 g/mol. The highest BCUT2D eigenvalue weighted by Crippen LogP contribution is 2.27. The van der Waals surface area contributed by atoms with E-state index in [1.54, 1.807) is 12.1 Å². The van der Waals surface area contributed by atoms with Crippen molar-refractivity contribution in [2.75, 3.05) is 0 Å². The Hall–Kier alpha value is -1.53. The number of pyridine rings is 1. The van der Waals surface area contributed by atoms with Gasteiger partial charge in [0.15, 0.2) is 0 Å². The van der Waals surface area contributed by atoms with E-state index in [1.165, 1.54) is 18.2 Å². The molecule has 0 atom stereocenters. The molecule has 0 unspecified atom stereocenters. The quantitative estimate of drug-likeness (QED) is 0.865. The molecular weight excluding hydrogens is 331 g/mol. The smallest absolute Gasteiger partial charge is 0.229 e. The molecule has 98 valence electrons. The van der Waals surface area contributed by atoms with Gasteiger partial charge in [0, 0.05) is 5.69 Å². The van der Waals surface area contributed by atoms with Crippen molar-refractivity contribution >= 4 is 33.1 Å². The molecular formula is C13H10BrFN2OS. The predicted octanol–water partition coefficient (Wildman–Crippen LogP) is 3.72. The molecule has 0 spiro atoms. The summed E-state index contributed by atoms with van der Waals surface area (Å²) in [6, 6.07) is 7.87. The Bertz CT molecular complexity index is 649. The van der Waals surface area contributed by atoms with Crippen molar-refractivity contribution in [3.63, 3.8) is 0 Å². The Morgan fingerprint density at radius 2 is 2.11 bits per heavy atom. The highest BCUT2D eigenvalue weighted by Gasteiger charge is 2.10. The summed E-state index contributed by atoms with van der Waals surface area (Å²) in [4.78, 5) is 4.44. The van der Waals surface area contributed by atoms with E-state index in [2.05, 4.69) is 20.9 Å². The fourth-order valence-electron chi connectivity index (χ4n) is 1.45. The molecule has 0 aliphatic heterocycles. The first-order valence-corrected chi connectivity index (χ1v) is 6.58. The number of rotatable bonds is 3. The lowest BCUT2D eigenvalue weighted by molar-refractivity contribution is 0.458. The number of hydrogen-bond acceptors (Lipinski definition) is 3. The van der Waals surface area contributed by atoms with Crippen molar-refractivity contribution < 1.29 is 9.13 Å². The molecule has 6 heteroatoms. The van der Waals surface area contributed by atoms with E-state index in [0.29, 0.717) is 21.7 Å². The van der Waals surface area contributed by atoms with E-state index in [9.17, 15) is 4.39 Å². The summed E-state index contributed by atoms with van der Waals surface area (Å²) < 4.78 is 19.1. The third kappa shape index (κ3) is 3.27. The van der Waals surface area contributed by atoms with Gasteiger partial charge in [-0.15, -0.1) is 0 Å². The number of aryl methyl sites for hydroxylation is 1. The van der Waals surface area contributed by atoms with Crippen molar-refractivity contribution in [3.05, 3.63) is 51.9 Å².